The summed E-state index contributed by atoms with van der Waals surface area (Å²) >= 11 is 0. The summed E-state index contributed by atoms with van der Waals surface area (Å²) in [6.45, 7) is -0.404. The van der Waals surface area contributed by atoms with Crippen LogP contribution in [-0.4, -0.2) is 26.1 Å². The van der Waals surface area contributed by atoms with Crippen LogP contribution in [0.2, 0.25) is 0 Å². The topological polar surface area (TPSA) is 115 Å². The van der Waals surface area contributed by atoms with Gasteiger partial charge in [-0.05, 0) is 18.6 Å². The van der Waals surface area contributed by atoms with E-state index in [0.29, 0.717) is 0 Å². The first-order chi connectivity index (χ1) is 9.53. The number of hydrogen-bond acceptors (Lipinski definition) is 5. The van der Waals surface area contributed by atoms with E-state index >= 15 is 0 Å². The van der Waals surface area contributed by atoms with E-state index in [1.807, 2.05) is 4.72 Å². The largest absolute Gasteiger partial charge is 0.393 e. The molecule has 0 unspecified atom stereocenters. The maximum atomic E-state index is 11.9. The molecule has 118 valence electrons. The minimum atomic E-state index is -4.36. The molecule has 0 heterocycles. The van der Waals surface area contributed by atoms with E-state index in [9.17, 15) is 31.7 Å². The highest BCUT2D eigenvalue weighted by atomic mass is 32.2. The molecule has 11 heteroatoms. The van der Waals surface area contributed by atoms with Crippen molar-refractivity contribution in [2.24, 2.45) is 0 Å². The zero-order valence-corrected chi connectivity index (χ0v) is 11.4. The molecule has 0 saturated carbocycles. The Balaban J connectivity index is 2.75. The normalized spacial score (nSPS) is 12.3. The molecule has 0 radical (unpaired) electrons. The summed E-state index contributed by atoms with van der Waals surface area (Å²) in [6.07, 6.45) is -5.88. The SMILES string of the molecule is Nc1cc(S(=O)(=O)NCCCC(F)(F)F)ccc1[N+](=O)[O-]. The Bertz CT molecular complexity index is 631. The van der Waals surface area contributed by atoms with Gasteiger partial charge in [-0.3, -0.25) is 10.1 Å². The number of halogens is 3. The Morgan fingerprint density at radius 2 is 1.95 bits per heavy atom. The summed E-state index contributed by atoms with van der Waals surface area (Å²) in [7, 11) is -4.06. The lowest BCUT2D eigenvalue weighted by molar-refractivity contribution is -0.383. The number of benzene rings is 1. The molecule has 0 aliphatic rings. The first-order valence-corrected chi connectivity index (χ1v) is 7.11. The number of nitrogen functional groups attached to an aromatic ring is 1. The van der Waals surface area contributed by atoms with Crippen LogP contribution < -0.4 is 10.5 Å². The molecule has 0 aliphatic heterocycles. The highest BCUT2D eigenvalue weighted by molar-refractivity contribution is 7.89. The minimum Gasteiger partial charge on any atom is -0.393 e. The third-order valence-corrected chi connectivity index (χ3v) is 3.89. The number of nitrogens with one attached hydrogen (secondary N) is 1. The second kappa shape index (κ2) is 6.26. The average molecular weight is 327 g/mol. The van der Waals surface area contributed by atoms with Gasteiger partial charge in [-0.1, -0.05) is 0 Å². The summed E-state index contributed by atoms with van der Waals surface area (Å²) in [5.41, 5.74) is 4.55. The summed E-state index contributed by atoms with van der Waals surface area (Å²) in [5.74, 6) is 0. The quantitative estimate of drug-likeness (QED) is 0.358. The maximum absolute atomic E-state index is 11.9. The molecule has 21 heavy (non-hydrogen) atoms. The third kappa shape index (κ3) is 5.19. The summed E-state index contributed by atoms with van der Waals surface area (Å²) < 4.78 is 61.3. The molecular weight excluding hydrogens is 315 g/mol. The first-order valence-electron chi connectivity index (χ1n) is 5.63. The molecule has 0 aromatic heterocycles. The molecule has 0 bridgehead atoms. The van der Waals surface area contributed by atoms with Gasteiger partial charge >= 0.3 is 6.18 Å². The molecule has 0 amide bonds. The van der Waals surface area contributed by atoms with Gasteiger partial charge in [-0.2, -0.15) is 13.2 Å². The van der Waals surface area contributed by atoms with Crippen LogP contribution in [-0.2, 0) is 10.0 Å². The van der Waals surface area contributed by atoms with E-state index in [2.05, 4.69) is 0 Å². The number of sulfonamides is 1. The Morgan fingerprint density at radius 3 is 2.43 bits per heavy atom. The average Bonchev–Trinajstić information content (AvgIpc) is 2.33. The smallest absolute Gasteiger partial charge is 0.389 e. The molecule has 3 N–H and O–H groups in total. The van der Waals surface area contributed by atoms with Crippen molar-refractivity contribution in [1.82, 2.24) is 4.72 Å². The van der Waals surface area contributed by atoms with Gasteiger partial charge in [-0.15, -0.1) is 0 Å². The van der Waals surface area contributed by atoms with E-state index in [-0.39, 0.29) is 10.6 Å². The van der Waals surface area contributed by atoms with Crippen LogP contribution in [0.25, 0.3) is 0 Å². The van der Waals surface area contributed by atoms with Gasteiger partial charge in [0.2, 0.25) is 10.0 Å². The van der Waals surface area contributed by atoms with Crippen molar-refractivity contribution in [1.29, 1.82) is 0 Å². The van der Waals surface area contributed by atoms with Gasteiger partial charge in [0.15, 0.2) is 0 Å². The highest BCUT2D eigenvalue weighted by Gasteiger charge is 2.26. The summed E-state index contributed by atoms with van der Waals surface area (Å²) in [4.78, 5) is 9.42. The van der Waals surface area contributed by atoms with Crippen LogP contribution in [0.15, 0.2) is 23.1 Å². The fraction of sp³-hybridized carbons (Fsp3) is 0.400. The Kier molecular flexibility index (Phi) is 5.12. The number of nitrogens with zero attached hydrogens (tertiary/aromatic N) is 1. The lowest BCUT2D eigenvalue weighted by Crippen LogP contribution is -2.26. The van der Waals surface area contributed by atoms with Crippen LogP contribution >= 0.6 is 0 Å². The monoisotopic (exact) mass is 327 g/mol. The van der Waals surface area contributed by atoms with Crippen LogP contribution in [0.3, 0.4) is 0 Å². The van der Waals surface area contributed by atoms with Gasteiger partial charge < -0.3 is 5.73 Å². The van der Waals surface area contributed by atoms with Crippen LogP contribution in [0, 0.1) is 10.1 Å². The molecular formula is C10H12F3N3O4S. The fourth-order valence-corrected chi connectivity index (χ4v) is 2.55. The van der Waals surface area contributed by atoms with Crippen molar-refractivity contribution in [3.05, 3.63) is 28.3 Å². The van der Waals surface area contributed by atoms with Crippen molar-refractivity contribution in [3.8, 4) is 0 Å². The van der Waals surface area contributed by atoms with Gasteiger partial charge in [-0.25, -0.2) is 13.1 Å². The van der Waals surface area contributed by atoms with Crippen molar-refractivity contribution in [3.63, 3.8) is 0 Å². The van der Waals surface area contributed by atoms with E-state index in [1.54, 1.807) is 0 Å². The van der Waals surface area contributed by atoms with Crippen LogP contribution in [0.1, 0.15) is 12.8 Å². The summed E-state index contributed by atoms with van der Waals surface area (Å²) in [5, 5.41) is 10.5. The molecule has 0 atom stereocenters. The molecule has 1 rings (SSSR count). The van der Waals surface area contributed by atoms with Gasteiger partial charge in [0.05, 0.1) is 9.82 Å². The number of alkyl halides is 3. The predicted molar refractivity (Wildman–Crippen MR) is 68.0 cm³/mol. The molecule has 7 nitrogen and oxygen atoms in total. The Hall–Kier alpha value is -1.88. The zero-order valence-electron chi connectivity index (χ0n) is 10.6. The number of rotatable bonds is 6. The minimum absolute atomic E-state index is 0.349. The van der Waals surface area contributed by atoms with Gasteiger partial charge in [0.1, 0.15) is 5.69 Å². The van der Waals surface area contributed by atoms with E-state index in [4.69, 9.17) is 5.73 Å². The Labute approximate surface area is 118 Å². The number of anilines is 1. The lowest BCUT2D eigenvalue weighted by Gasteiger charge is -2.09. The molecule has 0 spiro atoms. The first kappa shape index (κ1) is 17.2. The number of nitrogens with two attached hydrogens (primary N) is 1. The van der Waals surface area contributed by atoms with Crippen molar-refractivity contribution < 1.29 is 26.5 Å². The highest BCUT2D eigenvalue weighted by Crippen LogP contribution is 2.24. The molecule has 0 saturated heterocycles. The fourth-order valence-electron chi connectivity index (χ4n) is 1.44. The third-order valence-electron chi connectivity index (χ3n) is 2.44. The number of nitro benzene ring substituents is 1. The lowest BCUT2D eigenvalue weighted by atomic mass is 10.3. The van der Waals surface area contributed by atoms with Crippen molar-refractivity contribution in [2.75, 3.05) is 12.3 Å². The van der Waals surface area contributed by atoms with Gasteiger partial charge in [0, 0.05) is 19.0 Å². The number of hydrogen-bond donors (Lipinski definition) is 2. The van der Waals surface area contributed by atoms with Gasteiger partial charge in [0.25, 0.3) is 5.69 Å². The predicted octanol–water partition coefficient (Wildman–Crippen LogP) is 1.80. The number of nitro groups is 1. The Morgan fingerprint density at radius 1 is 1.33 bits per heavy atom. The van der Waals surface area contributed by atoms with Crippen LogP contribution in [0.4, 0.5) is 24.5 Å². The van der Waals surface area contributed by atoms with E-state index in [1.165, 1.54) is 0 Å². The standard InChI is InChI=1S/C10H12F3N3O4S/c11-10(12,13)4-1-5-15-21(19,20)7-2-3-9(16(17)18)8(14)6-7/h2-3,6,15H,1,4-5,14H2. The molecule has 0 fully saturated rings. The maximum Gasteiger partial charge on any atom is 0.389 e. The van der Waals surface area contributed by atoms with Crippen molar-refractivity contribution >= 4 is 21.4 Å². The molecule has 1 aromatic rings. The summed E-state index contributed by atoms with van der Waals surface area (Å²) in [6, 6.07) is 2.75. The second-order valence-electron chi connectivity index (χ2n) is 4.09. The van der Waals surface area contributed by atoms with E-state index < -0.39 is 46.2 Å². The van der Waals surface area contributed by atoms with Crippen LogP contribution in [0.5, 0.6) is 0 Å². The van der Waals surface area contributed by atoms with E-state index in [0.717, 1.165) is 18.2 Å². The van der Waals surface area contributed by atoms with Crippen molar-refractivity contribution in [2.45, 2.75) is 23.9 Å². The molecule has 1 aromatic carbocycles. The molecule has 0 aliphatic carbocycles. The second-order valence-corrected chi connectivity index (χ2v) is 5.86. The zero-order chi connectivity index (χ0) is 16.3.